The summed E-state index contributed by atoms with van der Waals surface area (Å²) in [6.45, 7) is 2.21. The highest BCUT2D eigenvalue weighted by Gasteiger charge is 2.36. The number of aliphatic hydroxyl groups is 1. The molecule has 78 valence electrons. The molecular formula is C11H17NOS. The van der Waals surface area contributed by atoms with Crippen molar-refractivity contribution in [1.29, 1.82) is 0 Å². The zero-order chi connectivity index (χ0) is 10.0. The Kier molecular flexibility index (Phi) is 2.88. The van der Waals surface area contributed by atoms with E-state index < -0.39 is 0 Å². The van der Waals surface area contributed by atoms with Crippen molar-refractivity contribution in [2.45, 2.75) is 45.1 Å². The first-order valence-electron chi connectivity index (χ1n) is 5.27. The fourth-order valence-corrected chi connectivity index (χ4v) is 2.94. The summed E-state index contributed by atoms with van der Waals surface area (Å²) in [4.78, 5) is 4.22. The fourth-order valence-electron chi connectivity index (χ4n) is 2.28. The summed E-state index contributed by atoms with van der Waals surface area (Å²) in [5, 5.41) is 13.2. The Morgan fingerprint density at radius 2 is 2.29 bits per heavy atom. The van der Waals surface area contributed by atoms with Crippen molar-refractivity contribution in [2.75, 3.05) is 0 Å². The normalized spacial score (nSPS) is 22.4. The lowest BCUT2D eigenvalue weighted by Crippen LogP contribution is -2.31. The van der Waals surface area contributed by atoms with Gasteiger partial charge in [-0.05, 0) is 18.3 Å². The van der Waals surface area contributed by atoms with Gasteiger partial charge in [0.25, 0.3) is 0 Å². The van der Waals surface area contributed by atoms with E-state index in [1.54, 1.807) is 11.3 Å². The molecule has 1 aromatic heterocycles. The van der Waals surface area contributed by atoms with Crippen LogP contribution in [-0.2, 0) is 6.42 Å². The third kappa shape index (κ3) is 1.98. The highest BCUT2D eigenvalue weighted by molar-refractivity contribution is 7.09. The highest BCUT2D eigenvalue weighted by atomic mass is 32.1. The molecule has 0 saturated heterocycles. The van der Waals surface area contributed by atoms with E-state index in [9.17, 15) is 5.11 Å². The average Bonchev–Trinajstić information content (AvgIpc) is 2.76. The Labute approximate surface area is 89.0 Å². The molecule has 1 aromatic rings. The van der Waals surface area contributed by atoms with Gasteiger partial charge in [-0.3, -0.25) is 0 Å². The standard InChI is InChI=1S/C11H17NOS/c1-11(4-2-3-5-11)9(13)8-10-12-6-7-14-10/h6-7,9,13H,2-5,8H2,1H3. The van der Waals surface area contributed by atoms with Crippen molar-refractivity contribution >= 4 is 11.3 Å². The first-order chi connectivity index (χ1) is 6.71. The second kappa shape index (κ2) is 3.99. The summed E-state index contributed by atoms with van der Waals surface area (Å²) >= 11 is 1.64. The van der Waals surface area contributed by atoms with Gasteiger partial charge in [-0.15, -0.1) is 11.3 Å². The molecular weight excluding hydrogens is 194 g/mol. The van der Waals surface area contributed by atoms with Crippen LogP contribution in [0.1, 0.15) is 37.6 Å². The monoisotopic (exact) mass is 211 g/mol. The molecule has 1 heterocycles. The molecule has 1 fully saturated rings. The molecule has 14 heavy (non-hydrogen) atoms. The molecule has 0 aliphatic heterocycles. The Hall–Kier alpha value is -0.410. The van der Waals surface area contributed by atoms with E-state index in [2.05, 4.69) is 11.9 Å². The maximum atomic E-state index is 10.1. The van der Waals surface area contributed by atoms with Gasteiger partial charge in [0.1, 0.15) is 0 Å². The van der Waals surface area contributed by atoms with E-state index in [0.29, 0.717) is 0 Å². The minimum atomic E-state index is -0.212. The van der Waals surface area contributed by atoms with Gasteiger partial charge in [0.2, 0.25) is 0 Å². The number of aromatic nitrogens is 1. The predicted octanol–water partition coefficient (Wildman–Crippen LogP) is 2.63. The summed E-state index contributed by atoms with van der Waals surface area (Å²) in [6, 6.07) is 0. The molecule has 0 radical (unpaired) electrons. The fraction of sp³-hybridized carbons (Fsp3) is 0.727. The predicted molar refractivity (Wildman–Crippen MR) is 58.4 cm³/mol. The zero-order valence-electron chi connectivity index (χ0n) is 8.57. The minimum Gasteiger partial charge on any atom is -0.392 e. The largest absolute Gasteiger partial charge is 0.392 e. The molecule has 1 aliphatic rings. The number of hydrogen-bond acceptors (Lipinski definition) is 3. The Morgan fingerprint density at radius 3 is 2.86 bits per heavy atom. The van der Waals surface area contributed by atoms with E-state index in [1.807, 2.05) is 11.6 Å². The van der Waals surface area contributed by atoms with Crippen LogP contribution in [0, 0.1) is 5.41 Å². The number of rotatable bonds is 3. The summed E-state index contributed by atoms with van der Waals surface area (Å²) in [6.07, 6.45) is 7.20. The van der Waals surface area contributed by atoms with Gasteiger partial charge < -0.3 is 5.11 Å². The van der Waals surface area contributed by atoms with Gasteiger partial charge in [0.05, 0.1) is 11.1 Å². The second-order valence-electron chi connectivity index (χ2n) is 4.51. The van der Waals surface area contributed by atoms with Gasteiger partial charge in [-0.25, -0.2) is 4.98 Å². The first kappa shape index (κ1) is 10.1. The lowest BCUT2D eigenvalue weighted by Gasteiger charge is -2.29. The van der Waals surface area contributed by atoms with Crippen LogP contribution >= 0.6 is 11.3 Å². The van der Waals surface area contributed by atoms with Gasteiger partial charge in [0.15, 0.2) is 0 Å². The smallest absolute Gasteiger partial charge is 0.0950 e. The highest BCUT2D eigenvalue weighted by Crippen LogP contribution is 2.41. The number of hydrogen-bond donors (Lipinski definition) is 1. The Bertz CT molecular complexity index is 277. The summed E-state index contributed by atoms with van der Waals surface area (Å²) in [5.74, 6) is 0. The lowest BCUT2D eigenvalue weighted by atomic mass is 9.81. The van der Waals surface area contributed by atoms with Crippen LogP contribution in [0.5, 0.6) is 0 Å². The van der Waals surface area contributed by atoms with Gasteiger partial charge in [0, 0.05) is 18.0 Å². The van der Waals surface area contributed by atoms with Crippen LogP contribution in [0.4, 0.5) is 0 Å². The van der Waals surface area contributed by atoms with Crippen LogP contribution in [0.15, 0.2) is 11.6 Å². The first-order valence-corrected chi connectivity index (χ1v) is 6.15. The molecule has 1 saturated carbocycles. The van der Waals surface area contributed by atoms with Crippen molar-refractivity contribution in [3.05, 3.63) is 16.6 Å². The molecule has 3 heteroatoms. The SMILES string of the molecule is CC1(C(O)Cc2nccs2)CCCC1. The van der Waals surface area contributed by atoms with Crippen molar-refractivity contribution in [3.8, 4) is 0 Å². The number of nitrogens with zero attached hydrogens (tertiary/aromatic N) is 1. The molecule has 1 atom stereocenters. The third-order valence-electron chi connectivity index (χ3n) is 3.40. The van der Waals surface area contributed by atoms with Crippen molar-refractivity contribution < 1.29 is 5.11 Å². The van der Waals surface area contributed by atoms with Crippen molar-refractivity contribution in [2.24, 2.45) is 5.41 Å². The molecule has 0 spiro atoms. The quantitative estimate of drug-likeness (QED) is 0.833. The summed E-state index contributed by atoms with van der Waals surface area (Å²) in [5.41, 5.74) is 0.145. The number of thiazole rings is 1. The Morgan fingerprint density at radius 1 is 1.57 bits per heavy atom. The molecule has 0 aromatic carbocycles. The third-order valence-corrected chi connectivity index (χ3v) is 4.20. The van der Waals surface area contributed by atoms with Gasteiger partial charge in [-0.2, -0.15) is 0 Å². The van der Waals surface area contributed by atoms with Crippen LogP contribution in [0.3, 0.4) is 0 Å². The van der Waals surface area contributed by atoms with Crippen LogP contribution in [0.25, 0.3) is 0 Å². The van der Waals surface area contributed by atoms with E-state index in [0.717, 1.165) is 11.4 Å². The van der Waals surface area contributed by atoms with Crippen LogP contribution in [-0.4, -0.2) is 16.2 Å². The maximum absolute atomic E-state index is 10.1. The average molecular weight is 211 g/mol. The molecule has 1 aliphatic carbocycles. The summed E-state index contributed by atoms with van der Waals surface area (Å²) < 4.78 is 0. The summed E-state index contributed by atoms with van der Waals surface area (Å²) in [7, 11) is 0. The van der Waals surface area contributed by atoms with E-state index in [4.69, 9.17) is 0 Å². The van der Waals surface area contributed by atoms with Crippen LogP contribution in [0.2, 0.25) is 0 Å². The molecule has 1 unspecified atom stereocenters. The second-order valence-corrected chi connectivity index (χ2v) is 5.49. The van der Waals surface area contributed by atoms with E-state index >= 15 is 0 Å². The Balaban J connectivity index is 1.98. The molecule has 1 N–H and O–H groups in total. The number of aliphatic hydroxyl groups excluding tert-OH is 1. The van der Waals surface area contributed by atoms with Crippen LogP contribution < -0.4 is 0 Å². The topological polar surface area (TPSA) is 33.1 Å². The van der Waals surface area contributed by atoms with Crippen molar-refractivity contribution in [1.82, 2.24) is 4.98 Å². The van der Waals surface area contributed by atoms with Crippen molar-refractivity contribution in [3.63, 3.8) is 0 Å². The molecule has 0 bridgehead atoms. The van der Waals surface area contributed by atoms with E-state index in [-0.39, 0.29) is 11.5 Å². The maximum Gasteiger partial charge on any atom is 0.0950 e. The van der Waals surface area contributed by atoms with Gasteiger partial charge >= 0.3 is 0 Å². The van der Waals surface area contributed by atoms with Gasteiger partial charge in [-0.1, -0.05) is 19.8 Å². The zero-order valence-corrected chi connectivity index (χ0v) is 9.39. The molecule has 0 amide bonds. The molecule has 2 rings (SSSR count). The minimum absolute atomic E-state index is 0.145. The molecule has 2 nitrogen and oxygen atoms in total. The lowest BCUT2D eigenvalue weighted by molar-refractivity contribution is 0.0423. The van der Waals surface area contributed by atoms with E-state index in [1.165, 1.54) is 25.7 Å².